The van der Waals surface area contributed by atoms with Crippen molar-refractivity contribution >= 4 is 40.5 Å². The van der Waals surface area contributed by atoms with Crippen LogP contribution in [0.25, 0.3) is 5.82 Å². The fraction of sp³-hybridized carbons (Fsp3) is 0.154. The molecule has 1 aromatic carbocycles. The summed E-state index contributed by atoms with van der Waals surface area (Å²) in [6.07, 6.45) is 5.37. The minimum absolute atomic E-state index is 0.113. The highest BCUT2D eigenvalue weighted by Gasteiger charge is 2.41. The number of pyridine rings is 2. The second-order valence-electron chi connectivity index (χ2n) is 8.24. The summed E-state index contributed by atoms with van der Waals surface area (Å²) in [6, 6.07) is 18.8. The highest BCUT2D eigenvalue weighted by atomic mass is 35.5. The number of amides is 1. The number of rotatable bonds is 7. The maximum atomic E-state index is 14.0. The molecule has 0 spiro atoms. The highest BCUT2D eigenvalue weighted by Crippen LogP contribution is 2.39. The van der Waals surface area contributed by atoms with E-state index in [1.807, 2.05) is 52.1 Å². The van der Waals surface area contributed by atoms with E-state index in [4.69, 9.17) is 23.8 Å². The van der Waals surface area contributed by atoms with Gasteiger partial charge < -0.3 is 20.1 Å². The number of para-hydroxylation sites is 1. The van der Waals surface area contributed by atoms with Crippen molar-refractivity contribution < 1.29 is 9.18 Å². The Morgan fingerprint density at radius 2 is 1.92 bits per heavy atom. The Labute approximate surface area is 217 Å². The summed E-state index contributed by atoms with van der Waals surface area (Å²) in [5.74, 6) is -0.0856. The number of anilines is 1. The zero-order chi connectivity index (χ0) is 25.1. The zero-order valence-electron chi connectivity index (χ0n) is 19.0. The average Bonchev–Trinajstić information content (AvgIpc) is 3.49. The lowest BCUT2D eigenvalue weighted by molar-refractivity contribution is -0.116. The maximum Gasteiger partial charge on any atom is 0.226 e. The highest BCUT2D eigenvalue weighted by molar-refractivity contribution is 7.80. The van der Waals surface area contributed by atoms with Crippen molar-refractivity contribution in [1.29, 1.82) is 0 Å². The molecule has 0 bridgehead atoms. The van der Waals surface area contributed by atoms with Gasteiger partial charge in [0.1, 0.15) is 11.6 Å². The van der Waals surface area contributed by atoms with E-state index in [0.29, 0.717) is 22.5 Å². The van der Waals surface area contributed by atoms with Gasteiger partial charge in [-0.25, -0.2) is 9.37 Å². The summed E-state index contributed by atoms with van der Waals surface area (Å²) >= 11 is 11.7. The number of carbonyl (C=O) groups is 1. The first-order chi connectivity index (χ1) is 17.5. The van der Waals surface area contributed by atoms with Crippen LogP contribution in [0.3, 0.4) is 0 Å². The Bertz CT molecular complexity index is 1380. The number of carbonyl (C=O) groups excluding carboxylic acids is 1. The van der Waals surface area contributed by atoms with Gasteiger partial charge in [-0.05, 0) is 60.7 Å². The number of hydrogen-bond acceptors (Lipinski definition) is 4. The van der Waals surface area contributed by atoms with Crippen LogP contribution >= 0.6 is 23.8 Å². The standard InChI is InChI=1S/C26H22ClFN6OS/c27-17-10-11-22(30-16-17)33-14-5-9-21(33)25-24(20-8-3-4-13-29-20)32-26(36)34(25)15-12-23(35)31-19-7-2-1-6-18(19)28/h1-11,13-14,16,24-25H,12,15H2,(H,31,35)(H,32,36)/t24-,25+/m0/s1. The number of nitrogens with zero attached hydrogens (tertiary/aromatic N) is 4. The van der Waals surface area contributed by atoms with Gasteiger partial charge in [0.25, 0.3) is 0 Å². The van der Waals surface area contributed by atoms with E-state index in [0.717, 1.165) is 11.4 Å². The Morgan fingerprint density at radius 1 is 1.08 bits per heavy atom. The van der Waals surface area contributed by atoms with Crippen molar-refractivity contribution in [3.63, 3.8) is 0 Å². The topological polar surface area (TPSA) is 75.1 Å². The summed E-state index contributed by atoms with van der Waals surface area (Å²) < 4.78 is 16.0. The SMILES string of the molecule is O=C(CCN1C(=S)N[C@@H](c2ccccn2)[C@H]1c1cccn1-c1ccc(Cl)cn1)Nc1ccccc1F. The largest absolute Gasteiger partial charge is 0.352 e. The van der Waals surface area contributed by atoms with Crippen LogP contribution in [0.5, 0.6) is 0 Å². The first kappa shape index (κ1) is 23.9. The van der Waals surface area contributed by atoms with E-state index in [2.05, 4.69) is 20.6 Å². The predicted octanol–water partition coefficient (Wildman–Crippen LogP) is 5.06. The monoisotopic (exact) mass is 520 g/mol. The Morgan fingerprint density at radius 3 is 2.67 bits per heavy atom. The number of thiocarbonyl (C=S) groups is 1. The van der Waals surface area contributed by atoms with Crippen molar-refractivity contribution in [2.24, 2.45) is 0 Å². The van der Waals surface area contributed by atoms with Crippen LogP contribution in [0.4, 0.5) is 10.1 Å². The van der Waals surface area contributed by atoms with Gasteiger partial charge in [0.05, 0.1) is 28.5 Å². The molecule has 182 valence electrons. The van der Waals surface area contributed by atoms with Gasteiger partial charge in [0.2, 0.25) is 5.91 Å². The van der Waals surface area contributed by atoms with Crippen LogP contribution in [0.1, 0.15) is 29.9 Å². The van der Waals surface area contributed by atoms with Crippen molar-refractivity contribution in [1.82, 2.24) is 24.8 Å². The molecule has 1 aliphatic heterocycles. The molecular weight excluding hydrogens is 499 g/mol. The Hall–Kier alpha value is -3.82. The van der Waals surface area contributed by atoms with Gasteiger partial charge in [0, 0.05) is 37.3 Å². The molecule has 1 saturated heterocycles. The molecule has 36 heavy (non-hydrogen) atoms. The van der Waals surface area contributed by atoms with Gasteiger partial charge in [-0.3, -0.25) is 9.78 Å². The lowest BCUT2D eigenvalue weighted by Crippen LogP contribution is -2.33. The van der Waals surface area contributed by atoms with Crippen molar-refractivity contribution in [3.05, 3.63) is 108 Å². The van der Waals surface area contributed by atoms with E-state index >= 15 is 0 Å². The molecule has 0 unspecified atom stereocenters. The zero-order valence-corrected chi connectivity index (χ0v) is 20.6. The van der Waals surface area contributed by atoms with Gasteiger partial charge in [-0.1, -0.05) is 29.8 Å². The van der Waals surface area contributed by atoms with Crippen LogP contribution < -0.4 is 10.6 Å². The molecule has 4 aromatic rings. The van der Waals surface area contributed by atoms with Crippen LogP contribution in [0.15, 0.2) is 85.3 Å². The van der Waals surface area contributed by atoms with E-state index in [1.54, 1.807) is 30.6 Å². The molecule has 0 saturated carbocycles. The number of nitrogens with one attached hydrogen (secondary N) is 2. The molecule has 1 fully saturated rings. The molecule has 10 heteroatoms. The number of benzene rings is 1. The Balaban J connectivity index is 1.44. The third-order valence-electron chi connectivity index (χ3n) is 5.97. The first-order valence-corrected chi connectivity index (χ1v) is 12.1. The summed E-state index contributed by atoms with van der Waals surface area (Å²) in [5, 5.41) is 7.07. The fourth-order valence-corrected chi connectivity index (χ4v) is 4.76. The van der Waals surface area contributed by atoms with Crippen LogP contribution in [-0.4, -0.2) is 37.0 Å². The predicted molar refractivity (Wildman–Crippen MR) is 140 cm³/mol. The third-order valence-corrected chi connectivity index (χ3v) is 6.54. The average molecular weight is 521 g/mol. The quantitative estimate of drug-likeness (QED) is 0.332. The number of hydrogen-bond donors (Lipinski definition) is 2. The third kappa shape index (κ3) is 4.93. The molecule has 2 atom stereocenters. The summed E-state index contributed by atoms with van der Waals surface area (Å²) in [5.41, 5.74) is 1.89. The molecule has 1 aliphatic rings. The minimum Gasteiger partial charge on any atom is -0.352 e. The molecule has 0 aliphatic carbocycles. The van der Waals surface area contributed by atoms with Crippen molar-refractivity contribution in [2.75, 3.05) is 11.9 Å². The maximum absolute atomic E-state index is 14.0. The Kier molecular flexibility index (Phi) is 6.92. The lowest BCUT2D eigenvalue weighted by atomic mass is 10.0. The second kappa shape index (κ2) is 10.4. The lowest BCUT2D eigenvalue weighted by Gasteiger charge is -2.28. The molecular formula is C26H22ClFN6OS. The molecule has 3 aromatic heterocycles. The normalized spacial score (nSPS) is 17.2. The van der Waals surface area contributed by atoms with Gasteiger partial charge >= 0.3 is 0 Å². The number of aromatic nitrogens is 3. The van der Waals surface area contributed by atoms with E-state index in [-0.39, 0.29) is 30.1 Å². The second-order valence-corrected chi connectivity index (χ2v) is 9.06. The van der Waals surface area contributed by atoms with Gasteiger partial charge in [-0.15, -0.1) is 0 Å². The molecule has 4 heterocycles. The van der Waals surface area contributed by atoms with Crippen LogP contribution in [-0.2, 0) is 4.79 Å². The van der Waals surface area contributed by atoms with E-state index in [1.165, 1.54) is 12.1 Å². The van der Waals surface area contributed by atoms with Gasteiger partial charge in [-0.2, -0.15) is 0 Å². The summed E-state index contributed by atoms with van der Waals surface area (Å²) in [7, 11) is 0. The molecule has 7 nitrogen and oxygen atoms in total. The summed E-state index contributed by atoms with van der Waals surface area (Å²) in [6.45, 7) is 0.319. The van der Waals surface area contributed by atoms with Crippen molar-refractivity contribution in [2.45, 2.75) is 18.5 Å². The smallest absolute Gasteiger partial charge is 0.226 e. The van der Waals surface area contributed by atoms with Crippen LogP contribution in [0.2, 0.25) is 5.02 Å². The molecule has 5 rings (SSSR count). The van der Waals surface area contributed by atoms with Crippen LogP contribution in [0, 0.1) is 5.82 Å². The van der Waals surface area contributed by atoms with E-state index < -0.39 is 5.82 Å². The first-order valence-electron chi connectivity index (χ1n) is 11.3. The fourth-order valence-electron chi connectivity index (χ4n) is 4.32. The molecule has 0 radical (unpaired) electrons. The molecule has 2 N–H and O–H groups in total. The summed E-state index contributed by atoms with van der Waals surface area (Å²) in [4.78, 5) is 23.7. The van der Waals surface area contributed by atoms with Crippen molar-refractivity contribution in [3.8, 4) is 5.82 Å². The van der Waals surface area contributed by atoms with Gasteiger partial charge in [0.15, 0.2) is 5.11 Å². The minimum atomic E-state index is -0.481. The number of halogens is 2. The van der Waals surface area contributed by atoms with E-state index in [9.17, 15) is 9.18 Å². The molecule has 1 amide bonds.